The van der Waals surface area contributed by atoms with E-state index < -0.39 is 32.1 Å². The molecule has 0 saturated heterocycles. The van der Waals surface area contributed by atoms with Crippen molar-refractivity contribution in [2.75, 3.05) is 33.5 Å². The first-order valence-electron chi connectivity index (χ1n) is 15.0. The lowest BCUT2D eigenvalue weighted by Gasteiger charge is -2.26. The minimum absolute atomic E-state index is 0.0430. The van der Waals surface area contributed by atoms with E-state index >= 15 is 0 Å². The molecule has 2 aromatic carbocycles. The minimum atomic E-state index is -4.18. The number of hydrogen-bond acceptors (Lipinski definition) is 10. The quantitative estimate of drug-likeness (QED) is 0.0529. The van der Waals surface area contributed by atoms with Crippen LogP contribution in [0.3, 0.4) is 0 Å². The van der Waals surface area contributed by atoms with E-state index in [-0.39, 0.29) is 52.0 Å². The number of hydrogen-bond donors (Lipinski definition) is 2. The Balaban J connectivity index is 1.81. The molecule has 14 nitrogen and oxygen atoms in total. The van der Waals surface area contributed by atoms with E-state index in [1.165, 1.54) is 11.9 Å². The van der Waals surface area contributed by atoms with Gasteiger partial charge in [0.15, 0.2) is 0 Å². The van der Waals surface area contributed by atoms with E-state index in [2.05, 4.69) is 4.76 Å². The van der Waals surface area contributed by atoms with Gasteiger partial charge in [0.2, 0.25) is 5.96 Å². The number of ether oxygens (including phenoxy) is 4. The Morgan fingerprint density at radius 1 is 0.783 bits per heavy atom. The van der Waals surface area contributed by atoms with Crippen LogP contribution in [0.1, 0.15) is 56.6 Å². The average Bonchev–Trinajstić information content (AvgIpc) is 3.05. The van der Waals surface area contributed by atoms with Crippen molar-refractivity contribution in [3.05, 3.63) is 71.8 Å². The zero-order valence-corrected chi connectivity index (χ0v) is 27.2. The van der Waals surface area contributed by atoms with Gasteiger partial charge in [-0.15, -0.1) is 4.76 Å². The fraction of sp³-hybridized carbons (Fsp3) is 0.484. The smallest absolute Gasteiger partial charge is 0.480 e. The summed E-state index contributed by atoms with van der Waals surface area (Å²) < 4.78 is 48.7. The van der Waals surface area contributed by atoms with Gasteiger partial charge in [-0.3, -0.25) is 9.05 Å². The molecule has 0 heterocycles. The highest BCUT2D eigenvalue weighted by atomic mass is 31.2. The van der Waals surface area contributed by atoms with E-state index in [1.54, 1.807) is 0 Å². The lowest BCUT2D eigenvalue weighted by Crippen LogP contribution is -2.46. The molecule has 0 spiro atoms. The maximum Gasteiger partial charge on any atom is 0.508 e. The van der Waals surface area contributed by atoms with Gasteiger partial charge in [0.25, 0.3) is 0 Å². The van der Waals surface area contributed by atoms with Gasteiger partial charge >= 0.3 is 26.0 Å². The number of carboxylic acid groups (broad SMARTS) is 1. The SMILES string of the molecule is CCCC(C(=O)O)N(C)C(N)=NP(=O)(OCCCCOC(=O)OCc1ccccc1)OCCCCOC(=O)OCc1ccccc1. The Kier molecular flexibility index (Phi) is 17.9. The van der Waals surface area contributed by atoms with Gasteiger partial charge in [-0.2, -0.15) is 0 Å². The molecule has 0 saturated carbocycles. The second-order valence-corrected chi connectivity index (χ2v) is 11.7. The van der Waals surface area contributed by atoms with Crippen molar-refractivity contribution in [1.29, 1.82) is 0 Å². The van der Waals surface area contributed by atoms with E-state index in [0.717, 1.165) is 11.1 Å². The summed E-state index contributed by atoms with van der Waals surface area (Å²) in [5, 5.41) is 9.56. The van der Waals surface area contributed by atoms with Crippen molar-refractivity contribution < 1.29 is 52.1 Å². The van der Waals surface area contributed by atoms with Crippen LogP contribution in [0.25, 0.3) is 0 Å². The van der Waals surface area contributed by atoms with Crippen LogP contribution in [0.4, 0.5) is 9.59 Å². The first-order valence-corrected chi connectivity index (χ1v) is 16.5. The molecule has 0 aliphatic carbocycles. The normalized spacial score (nSPS) is 12.2. The minimum Gasteiger partial charge on any atom is -0.480 e. The van der Waals surface area contributed by atoms with Crippen LogP contribution in [0.2, 0.25) is 0 Å². The maximum absolute atomic E-state index is 13.5. The summed E-state index contributed by atoms with van der Waals surface area (Å²) in [6.07, 6.45) is 0.636. The molecule has 1 unspecified atom stereocenters. The number of nitrogens with zero attached hydrogens (tertiary/aromatic N) is 2. The van der Waals surface area contributed by atoms with Crippen molar-refractivity contribution in [1.82, 2.24) is 4.90 Å². The first kappa shape index (κ1) is 38.1. The van der Waals surface area contributed by atoms with Crippen LogP contribution in [0, 0.1) is 0 Å². The predicted octanol–water partition coefficient (Wildman–Crippen LogP) is 5.89. The third-order valence-corrected chi connectivity index (χ3v) is 7.79. The van der Waals surface area contributed by atoms with E-state index in [4.69, 9.17) is 33.7 Å². The van der Waals surface area contributed by atoms with Crippen LogP contribution in [0.15, 0.2) is 65.4 Å². The number of guanidine groups is 1. The molecule has 46 heavy (non-hydrogen) atoms. The van der Waals surface area contributed by atoms with Gasteiger partial charge in [0, 0.05) is 7.05 Å². The molecule has 2 aromatic rings. The molecule has 0 aromatic heterocycles. The molecule has 15 heteroatoms. The summed E-state index contributed by atoms with van der Waals surface area (Å²) in [6, 6.07) is 17.3. The summed E-state index contributed by atoms with van der Waals surface area (Å²) in [6.45, 7) is 1.93. The molecule has 254 valence electrons. The fourth-order valence-electron chi connectivity index (χ4n) is 3.80. The van der Waals surface area contributed by atoms with Crippen LogP contribution in [-0.4, -0.2) is 73.8 Å². The van der Waals surface area contributed by atoms with E-state index in [0.29, 0.717) is 32.1 Å². The monoisotopic (exact) mass is 665 g/mol. The number of rotatable bonds is 21. The van der Waals surface area contributed by atoms with Crippen molar-refractivity contribution >= 4 is 32.0 Å². The third-order valence-electron chi connectivity index (χ3n) is 6.33. The molecule has 0 bridgehead atoms. The molecule has 0 radical (unpaired) electrons. The number of carbonyl (C=O) groups excluding carboxylic acids is 2. The highest BCUT2D eigenvalue weighted by Gasteiger charge is 2.29. The number of carbonyl (C=O) groups is 3. The van der Waals surface area contributed by atoms with Crippen LogP contribution in [-0.2, 0) is 50.6 Å². The van der Waals surface area contributed by atoms with Gasteiger partial charge in [-0.1, -0.05) is 74.0 Å². The topological polar surface area (TPSA) is 186 Å². The number of aliphatic carboxylic acids is 1. The number of unbranched alkanes of at least 4 members (excludes halogenated alkanes) is 2. The van der Waals surface area contributed by atoms with Gasteiger partial charge in [0.05, 0.1) is 26.4 Å². The lowest BCUT2D eigenvalue weighted by molar-refractivity contribution is -0.141. The van der Waals surface area contributed by atoms with Crippen molar-refractivity contribution in [3.63, 3.8) is 0 Å². The zero-order chi connectivity index (χ0) is 33.6. The van der Waals surface area contributed by atoms with Gasteiger partial charge in [-0.25, -0.2) is 18.9 Å². The number of likely N-dealkylation sites (N-methyl/N-ethyl adjacent to an activating group) is 1. The first-order chi connectivity index (χ1) is 22.1. The molecule has 0 aliphatic rings. The Morgan fingerprint density at radius 3 is 1.63 bits per heavy atom. The lowest BCUT2D eigenvalue weighted by atomic mass is 10.1. The predicted molar refractivity (Wildman–Crippen MR) is 169 cm³/mol. The molecule has 2 rings (SSSR count). The molecular formula is C31H44N3O11P. The van der Waals surface area contributed by atoms with Crippen LogP contribution in [0.5, 0.6) is 0 Å². The second kappa shape index (κ2) is 21.6. The Labute approximate surface area is 269 Å². The number of nitrogens with two attached hydrogens (primary N) is 1. The largest absolute Gasteiger partial charge is 0.508 e. The average molecular weight is 666 g/mol. The van der Waals surface area contributed by atoms with E-state index in [9.17, 15) is 24.1 Å². The molecule has 3 N–H and O–H groups in total. The number of carboxylic acids is 1. The van der Waals surface area contributed by atoms with Crippen molar-refractivity contribution in [2.24, 2.45) is 10.5 Å². The third kappa shape index (κ3) is 15.7. The Morgan fingerprint density at radius 2 is 1.22 bits per heavy atom. The Bertz CT molecular complexity index is 1190. The highest BCUT2D eigenvalue weighted by Crippen LogP contribution is 2.50. The summed E-state index contributed by atoms with van der Waals surface area (Å²) >= 11 is 0. The van der Waals surface area contributed by atoms with Crippen molar-refractivity contribution in [2.45, 2.75) is 64.7 Å². The van der Waals surface area contributed by atoms with Crippen molar-refractivity contribution in [3.8, 4) is 0 Å². The van der Waals surface area contributed by atoms with Gasteiger partial charge < -0.3 is 34.7 Å². The second-order valence-electron chi connectivity index (χ2n) is 10.0. The zero-order valence-electron chi connectivity index (χ0n) is 26.3. The highest BCUT2D eigenvalue weighted by molar-refractivity contribution is 7.52. The van der Waals surface area contributed by atoms with Gasteiger partial charge in [0.1, 0.15) is 19.3 Å². The fourth-order valence-corrected chi connectivity index (χ4v) is 5.10. The maximum atomic E-state index is 13.5. The summed E-state index contributed by atoms with van der Waals surface area (Å²) in [5.41, 5.74) is 7.67. The van der Waals surface area contributed by atoms with E-state index in [1.807, 2.05) is 67.6 Å². The van der Waals surface area contributed by atoms with Crippen LogP contribution < -0.4 is 5.73 Å². The number of benzene rings is 2. The summed E-state index contributed by atoms with van der Waals surface area (Å²) in [7, 11) is -2.75. The molecule has 0 fully saturated rings. The molecule has 0 amide bonds. The molecule has 1 atom stereocenters. The summed E-state index contributed by atoms with van der Waals surface area (Å²) in [5.74, 6) is -1.43. The van der Waals surface area contributed by atoms with Crippen LogP contribution >= 0.6 is 7.75 Å². The standard InChI is InChI=1S/C31H44N3O11P/c1-3-14-27(28(35)36)34(2)29(32)33-46(39,44-21-12-10-19-40-30(37)42-23-25-15-6-4-7-16-25)45-22-13-11-20-41-31(38)43-24-26-17-8-5-9-18-26/h4-9,15-18,27H,3,10-14,19-24H2,1-2H3,(H,35,36)(H2,32,33,39). The Hall–Kier alpha value is -4.13. The molecular weight excluding hydrogens is 621 g/mol. The van der Waals surface area contributed by atoms with Gasteiger partial charge in [-0.05, 0) is 43.2 Å². The molecule has 0 aliphatic heterocycles. The summed E-state index contributed by atoms with van der Waals surface area (Å²) in [4.78, 5) is 36.5.